The molecule has 3 rings (SSSR count). The van der Waals surface area contributed by atoms with Gasteiger partial charge in [0.15, 0.2) is 0 Å². The van der Waals surface area contributed by atoms with Gasteiger partial charge in [0, 0.05) is 25.3 Å². The fraction of sp³-hybridized carbons (Fsp3) is 0.312. The molecule has 0 spiro atoms. The number of hydrogen-bond donors (Lipinski definition) is 2. The van der Waals surface area contributed by atoms with Crippen LogP contribution in [-0.4, -0.2) is 26.6 Å². The highest BCUT2D eigenvalue weighted by Crippen LogP contribution is 2.34. The Hall–Kier alpha value is -1.67. The van der Waals surface area contributed by atoms with Gasteiger partial charge in [0.1, 0.15) is 10.7 Å². The van der Waals surface area contributed by atoms with Crippen LogP contribution in [0.15, 0.2) is 47.5 Å². The SMILES string of the molecule is Nc1ncc(Cl)cc1S(=O)(=O)NC[C@@H]1CCO[C@H]1c1ccccc1. The molecule has 128 valence electrons. The molecule has 2 heterocycles. The molecule has 1 aromatic heterocycles. The van der Waals surface area contributed by atoms with Gasteiger partial charge in [-0.15, -0.1) is 0 Å². The van der Waals surface area contributed by atoms with E-state index in [0.717, 1.165) is 12.0 Å². The first-order valence-electron chi connectivity index (χ1n) is 7.54. The Kier molecular flexibility index (Phi) is 5.05. The predicted octanol–water partition coefficient (Wildman–Crippen LogP) is 2.37. The van der Waals surface area contributed by atoms with E-state index in [2.05, 4.69) is 9.71 Å². The third-order valence-electron chi connectivity index (χ3n) is 4.02. The lowest BCUT2D eigenvalue weighted by Gasteiger charge is -2.19. The van der Waals surface area contributed by atoms with Gasteiger partial charge in [-0.3, -0.25) is 0 Å². The van der Waals surface area contributed by atoms with Crippen LogP contribution in [0.5, 0.6) is 0 Å². The number of anilines is 1. The highest BCUT2D eigenvalue weighted by Gasteiger charge is 2.31. The average Bonchev–Trinajstić information content (AvgIpc) is 3.04. The van der Waals surface area contributed by atoms with E-state index >= 15 is 0 Å². The lowest BCUT2D eigenvalue weighted by Crippen LogP contribution is -2.31. The Morgan fingerprint density at radius 2 is 2.08 bits per heavy atom. The molecule has 1 saturated heterocycles. The second kappa shape index (κ2) is 7.06. The van der Waals surface area contributed by atoms with Crippen molar-refractivity contribution < 1.29 is 13.2 Å². The van der Waals surface area contributed by atoms with E-state index < -0.39 is 10.0 Å². The molecule has 0 bridgehead atoms. The second-order valence-electron chi connectivity index (χ2n) is 5.64. The Balaban J connectivity index is 1.73. The number of hydrogen-bond acceptors (Lipinski definition) is 5. The van der Waals surface area contributed by atoms with Crippen LogP contribution in [0.25, 0.3) is 0 Å². The minimum absolute atomic E-state index is 0.0514. The van der Waals surface area contributed by atoms with Crippen LogP contribution >= 0.6 is 11.6 Å². The standard InChI is InChI=1S/C16H18ClN3O3S/c17-13-8-14(16(18)19-10-13)24(21,22)20-9-12-6-7-23-15(12)11-4-2-1-3-5-11/h1-5,8,10,12,15,20H,6-7,9H2,(H2,18,19)/t12-,15-/m0/s1. The van der Waals surface area contributed by atoms with Gasteiger partial charge in [-0.05, 0) is 18.1 Å². The predicted molar refractivity (Wildman–Crippen MR) is 92.1 cm³/mol. The molecular weight excluding hydrogens is 350 g/mol. The molecule has 0 amide bonds. The fourth-order valence-electron chi connectivity index (χ4n) is 2.80. The van der Waals surface area contributed by atoms with Crippen molar-refractivity contribution >= 4 is 27.4 Å². The number of pyridine rings is 1. The summed E-state index contributed by atoms with van der Waals surface area (Å²) in [5, 5.41) is 0.218. The van der Waals surface area contributed by atoms with E-state index in [1.165, 1.54) is 12.3 Å². The van der Waals surface area contributed by atoms with Crippen LogP contribution in [-0.2, 0) is 14.8 Å². The number of rotatable bonds is 5. The van der Waals surface area contributed by atoms with Crippen molar-refractivity contribution in [3.05, 3.63) is 53.2 Å². The molecule has 1 fully saturated rings. The lowest BCUT2D eigenvalue weighted by atomic mass is 9.96. The molecule has 1 aliphatic rings. The first-order chi connectivity index (χ1) is 11.5. The molecule has 3 N–H and O–H groups in total. The molecule has 24 heavy (non-hydrogen) atoms. The first kappa shape index (κ1) is 17.2. The van der Waals surface area contributed by atoms with E-state index in [1.54, 1.807) is 0 Å². The van der Waals surface area contributed by atoms with Crippen LogP contribution < -0.4 is 10.5 Å². The quantitative estimate of drug-likeness (QED) is 0.846. The van der Waals surface area contributed by atoms with Gasteiger partial charge in [0.25, 0.3) is 0 Å². The van der Waals surface area contributed by atoms with Crippen LogP contribution in [0.1, 0.15) is 18.1 Å². The maximum atomic E-state index is 12.5. The monoisotopic (exact) mass is 367 g/mol. The number of nitrogen functional groups attached to an aromatic ring is 1. The maximum absolute atomic E-state index is 12.5. The van der Waals surface area contributed by atoms with E-state index in [-0.39, 0.29) is 34.3 Å². The Morgan fingerprint density at radius 3 is 2.83 bits per heavy atom. The van der Waals surface area contributed by atoms with Crippen LogP contribution in [0.3, 0.4) is 0 Å². The summed E-state index contributed by atoms with van der Waals surface area (Å²) in [6, 6.07) is 11.1. The summed E-state index contributed by atoms with van der Waals surface area (Å²) < 4.78 is 33.3. The molecule has 2 atom stereocenters. The van der Waals surface area contributed by atoms with Crippen molar-refractivity contribution in [2.45, 2.75) is 17.4 Å². The molecule has 8 heteroatoms. The third kappa shape index (κ3) is 3.70. The summed E-state index contributed by atoms with van der Waals surface area (Å²) >= 11 is 5.82. The smallest absolute Gasteiger partial charge is 0.244 e. The number of ether oxygens (including phenoxy) is 1. The van der Waals surface area contributed by atoms with E-state index in [1.807, 2.05) is 30.3 Å². The zero-order chi connectivity index (χ0) is 17.2. The highest BCUT2D eigenvalue weighted by molar-refractivity contribution is 7.89. The fourth-order valence-corrected chi connectivity index (χ4v) is 4.22. The molecule has 0 radical (unpaired) electrons. The van der Waals surface area contributed by atoms with Crippen LogP contribution in [0, 0.1) is 5.92 Å². The van der Waals surface area contributed by atoms with Crippen molar-refractivity contribution in [1.29, 1.82) is 0 Å². The van der Waals surface area contributed by atoms with Gasteiger partial charge in [0.05, 0.1) is 11.1 Å². The molecular formula is C16H18ClN3O3S. The van der Waals surface area contributed by atoms with Gasteiger partial charge < -0.3 is 10.5 Å². The number of halogens is 1. The van der Waals surface area contributed by atoms with E-state index in [9.17, 15) is 8.42 Å². The van der Waals surface area contributed by atoms with Gasteiger partial charge in [-0.2, -0.15) is 0 Å². The minimum Gasteiger partial charge on any atom is -0.383 e. The van der Waals surface area contributed by atoms with Crippen LogP contribution in [0.2, 0.25) is 5.02 Å². The first-order valence-corrected chi connectivity index (χ1v) is 9.41. The number of sulfonamides is 1. The van der Waals surface area contributed by atoms with Gasteiger partial charge >= 0.3 is 0 Å². The topological polar surface area (TPSA) is 94.3 Å². The summed E-state index contributed by atoms with van der Waals surface area (Å²) in [6.45, 7) is 0.862. The maximum Gasteiger partial charge on any atom is 0.244 e. The largest absolute Gasteiger partial charge is 0.383 e. The summed E-state index contributed by atoms with van der Waals surface area (Å²) in [7, 11) is -3.78. The molecule has 6 nitrogen and oxygen atoms in total. The molecule has 2 aromatic rings. The average molecular weight is 368 g/mol. The molecule has 0 saturated carbocycles. The Morgan fingerprint density at radius 1 is 1.33 bits per heavy atom. The van der Waals surface area contributed by atoms with Crippen LogP contribution in [0.4, 0.5) is 5.82 Å². The van der Waals surface area contributed by atoms with E-state index in [0.29, 0.717) is 6.61 Å². The lowest BCUT2D eigenvalue weighted by molar-refractivity contribution is 0.0917. The van der Waals surface area contributed by atoms with Gasteiger partial charge in [-0.25, -0.2) is 18.1 Å². The normalized spacial score (nSPS) is 21.0. The summed E-state index contributed by atoms with van der Waals surface area (Å²) in [4.78, 5) is 3.68. The highest BCUT2D eigenvalue weighted by atomic mass is 35.5. The number of nitrogens with one attached hydrogen (secondary N) is 1. The zero-order valence-electron chi connectivity index (χ0n) is 12.9. The Labute approximate surface area is 146 Å². The Bertz CT molecular complexity index is 815. The third-order valence-corrected chi connectivity index (χ3v) is 5.68. The molecule has 0 unspecified atom stereocenters. The number of nitrogens with two attached hydrogens (primary N) is 1. The van der Waals surface area contributed by atoms with Crippen molar-refractivity contribution in [3.8, 4) is 0 Å². The van der Waals surface area contributed by atoms with Crippen molar-refractivity contribution in [2.75, 3.05) is 18.9 Å². The number of nitrogens with zero attached hydrogens (tertiary/aromatic N) is 1. The van der Waals surface area contributed by atoms with E-state index in [4.69, 9.17) is 22.1 Å². The number of aromatic nitrogens is 1. The number of benzene rings is 1. The summed E-state index contributed by atoms with van der Waals surface area (Å²) in [6.07, 6.45) is 1.97. The summed E-state index contributed by atoms with van der Waals surface area (Å²) in [5.41, 5.74) is 6.71. The second-order valence-corrected chi connectivity index (χ2v) is 7.81. The molecule has 1 aliphatic heterocycles. The zero-order valence-corrected chi connectivity index (χ0v) is 14.4. The minimum atomic E-state index is -3.78. The van der Waals surface area contributed by atoms with Gasteiger partial charge in [0.2, 0.25) is 10.0 Å². The molecule has 1 aromatic carbocycles. The van der Waals surface area contributed by atoms with Gasteiger partial charge in [-0.1, -0.05) is 41.9 Å². The van der Waals surface area contributed by atoms with Crippen molar-refractivity contribution in [3.63, 3.8) is 0 Å². The molecule has 0 aliphatic carbocycles. The van der Waals surface area contributed by atoms with Crippen molar-refractivity contribution in [2.24, 2.45) is 5.92 Å². The van der Waals surface area contributed by atoms with Crippen molar-refractivity contribution in [1.82, 2.24) is 9.71 Å². The summed E-state index contributed by atoms with van der Waals surface area (Å²) in [5.74, 6) is -0.0234.